The highest BCUT2D eigenvalue weighted by atomic mass is 16.5. The molecule has 2 saturated carbocycles. The molecule has 2 fully saturated rings. The van der Waals surface area contributed by atoms with Gasteiger partial charge >= 0.3 is 0 Å². The zero-order chi connectivity index (χ0) is 24.4. The second kappa shape index (κ2) is 17.3. The molecule has 186 valence electrons. The molecule has 0 aromatic heterocycles. The van der Waals surface area contributed by atoms with E-state index in [4.69, 9.17) is 42.6 Å². The third-order valence-corrected chi connectivity index (χ3v) is 7.18. The van der Waals surface area contributed by atoms with Gasteiger partial charge in [-0.1, -0.05) is 0 Å². The second-order valence-corrected chi connectivity index (χ2v) is 9.23. The first-order chi connectivity index (χ1) is 16.8. The van der Waals surface area contributed by atoms with Crippen LogP contribution in [0.4, 0.5) is 0 Å². The Morgan fingerprint density at radius 1 is 0.588 bits per heavy atom. The van der Waals surface area contributed by atoms with E-state index in [0.29, 0.717) is 114 Å². The van der Waals surface area contributed by atoms with Crippen molar-refractivity contribution >= 4 is 0 Å². The van der Waals surface area contributed by atoms with Crippen LogP contribution in [0.2, 0.25) is 0 Å². The second-order valence-electron chi connectivity index (χ2n) is 9.23. The molecule has 8 nitrogen and oxygen atoms in total. The predicted octanol–water partition coefficient (Wildman–Crippen LogP) is 4.00. The number of nitriles is 2. The molecule has 8 heteroatoms. The first-order valence-electron chi connectivity index (χ1n) is 12.5. The lowest BCUT2D eigenvalue weighted by atomic mass is 9.54. The summed E-state index contributed by atoms with van der Waals surface area (Å²) in [6.07, 6.45) is 4.99. The van der Waals surface area contributed by atoms with Gasteiger partial charge in [-0.15, -0.1) is 0 Å². The van der Waals surface area contributed by atoms with Crippen molar-refractivity contribution in [3.05, 3.63) is 22.8 Å². The molecule has 34 heavy (non-hydrogen) atoms. The Balaban J connectivity index is 2.15. The van der Waals surface area contributed by atoms with Crippen LogP contribution in [-0.2, 0) is 18.9 Å². The predicted molar refractivity (Wildman–Crippen MR) is 126 cm³/mol. The molecule has 0 aromatic rings. The van der Waals surface area contributed by atoms with E-state index in [1.165, 1.54) is 0 Å². The Morgan fingerprint density at radius 2 is 0.912 bits per heavy atom. The van der Waals surface area contributed by atoms with Crippen LogP contribution >= 0.6 is 0 Å². The summed E-state index contributed by atoms with van der Waals surface area (Å²) >= 11 is 0. The highest BCUT2D eigenvalue weighted by molar-refractivity contribution is 4.97. The van der Waals surface area contributed by atoms with Gasteiger partial charge in [0, 0.05) is 13.2 Å². The van der Waals surface area contributed by atoms with E-state index >= 15 is 0 Å². The van der Waals surface area contributed by atoms with Gasteiger partial charge in [0.2, 0.25) is 13.1 Å². The topological polar surface area (TPSA) is 93.2 Å². The van der Waals surface area contributed by atoms with Crippen LogP contribution in [0.3, 0.4) is 0 Å². The van der Waals surface area contributed by atoms with Crippen LogP contribution in [0.5, 0.6) is 0 Å². The third-order valence-electron chi connectivity index (χ3n) is 7.18. The molecule has 0 aromatic carbocycles. The molecule has 0 radical (unpaired) electrons. The zero-order valence-corrected chi connectivity index (χ0v) is 20.2. The van der Waals surface area contributed by atoms with Crippen molar-refractivity contribution in [1.29, 1.82) is 10.5 Å². The van der Waals surface area contributed by atoms with Gasteiger partial charge in [0.05, 0.1) is 51.4 Å². The first kappa shape index (κ1) is 28.0. The molecule has 0 spiro atoms. The summed E-state index contributed by atoms with van der Waals surface area (Å²) in [6.45, 7) is 19.2. The molecule has 2 aliphatic carbocycles. The van der Waals surface area contributed by atoms with Gasteiger partial charge in [0.25, 0.3) is 0 Å². The van der Waals surface area contributed by atoms with E-state index in [-0.39, 0.29) is 0 Å². The van der Waals surface area contributed by atoms with Gasteiger partial charge in [-0.25, -0.2) is 13.1 Å². The average molecular weight is 471 g/mol. The minimum atomic E-state index is 0.383. The summed E-state index contributed by atoms with van der Waals surface area (Å²) in [6, 6.07) is 4.29. The number of hydrogen-bond acceptors (Lipinski definition) is 6. The highest BCUT2D eigenvalue weighted by Crippen LogP contribution is 2.52. The van der Waals surface area contributed by atoms with Crippen molar-refractivity contribution in [3.63, 3.8) is 0 Å². The third kappa shape index (κ3) is 9.21. The summed E-state index contributed by atoms with van der Waals surface area (Å²) < 4.78 is 23.7. The molecule has 6 atom stereocenters. The van der Waals surface area contributed by atoms with Gasteiger partial charge in [-0.3, -0.25) is 0 Å². The average Bonchev–Trinajstić information content (AvgIpc) is 2.86. The molecule has 0 N–H and O–H groups in total. The smallest absolute Gasteiger partial charge is 0.237 e. The lowest BCUT2D eigenvalue weighted by Gasteiger charge is -2.53. The minimum Gasteiger partial charge on any atom is -0.380 e. The standard InChI is InChI=1S/C26H38N4O4/c1-29-11-15-33-19-23-7-8-24(20-34-16-12-30-2)26-22(18-32-14-4-10-28)6-5-21(25(23)26)17-31-13-3-9-27/h21-26H,3-8,11-20H2. The summed E-state index contributed by atoms with van der Waals surface area (Å²) in [7, 11) is 0. The van der Waals surface area contributed by atoms with Crippen LogP contribution in [0.25, 0.3) is 9.69 Å². The van der Waals surface area contributed by atoms with Crippen molar-refractivity contribution in [2.24, 2.45) is 35.5 Å². The molecule has 0 saturated heterocycles. The van der Waals surface area contributed by atoms with Crippen molar-refractivity contribution in [2.75, 3.05) is 65.9 Å². The van der Waals surface area contributed by atoms with Crippen LogP contribution in [0.1, 0.15) is 38.5 Å². The first-order valence-corrected chi connectivity index (χ1v) is 12.5. The van der Waals surface area contributed by atoms with Crippen LogP contribution < -0.4 is 0 Å². The van der Waals surface area contributed by atoms with E-state index < -0.39 is 0 Å². The van der Waals surface area contributed by atoms with E-state index in [9.17, 15) is 0 Å². The Bertz CT molecular complexity index is 613. The fourth-order valence-electron chi connectivity index (χ4n) is 5.83. The Kier molecular flexibility index (Phi) is 14.2. The van der Waals surface area contributed by atoms with E-state index in [0.717, 1.165) is 25.7 Å². The summed E-state index contributed by atoms with van der Waals surface area (Å²) in [5, 5.41) is 17.7. The van der Waals surface area contributed by atoms with E-state index in [2.05, 4.69) is 21.8 Å². The van der Waals surface area contributed by atoms with Gasteiger partial charge in [0.15, 0.2) is 0 Å². The van der Waals surface area contributed by atoms with Crippen molar-refractivity contribution in [3.8, 4) is 12.1 Å². The number of rotatable bonds is 16. The fraction of sp³-hybridized carbons (Fsp3) is 0.846. The SMILES string of the molecule is [C-]#[N+]CCOCC1CCC(COCC[N+]#[C-])C2C(COCCC#N)CCC(COCCC#N)C12. The summed E-state index contributed by atoms with van der Waals surface area (Å²) in [5.74, 6) is 2.36. The molecule has 0 bridgehead atoms. The summed E-state index contributed by atoms with van der Waals surface area (Å²) in [4.78, 5) is 6.79. The monoisotopic (exact) mass is 470 g/mol. The van der Waals surface area contributed by atoms with Gasteiger partial charge in [-0.05, 0) is 61.2 Å². The van der Waals surface area contributed by atoms with Crippen molar-refractivity contribution in [1.82, 2.24) is 0 Å². The van der Waals surface area contributed by atoms with Gasteiger partial charge in [-0.2, -0.15) is 10.5 Å². The molecular weight excluding hydrogens is 432 g/mol. The normalized spacial score (nSPS) is 28.1. The number of hydrogen-bond donors (Lipinski definition) is 0. The van der Waals surface area contributed by atoms with Crippen molar-refractivity contribution in [2.45, 2.75) is 38.5 Å². The van der Waals surface area contributed by atoms with Gasteiger partial charge in [0.1, 0.15) is 13.2 Å². The largest absolute Gasteiger partial charge is 0.380 e. The fourth-order valence-corrected chi connectivity index (χ4v) is 5.83. The van der Waals surface area contributed by atoms with E-state index in [1.807, 2.05) is 0 Å². The van der Waals surface area contributed by atoms with Crippen LogP contribution in [0.15, 0.2) is 0 Å². The van der Waals surface area contributed by atoms with E-state index in [1.54, 1.807) is 0 Å². The molecule has 0 heterocycles. The highest BCUT2D eigenvalue weighted by Gasteiger charge is 2.49. The zero-order valence-electron chi connectivity index (χ0n) is 20.2. The maximum absolute atomic E-state index is 8.85. The Hall–Kier alpha value is -2.20. The number of ether oxygens (including phenoxy) is 4. The molecular formula is C26H38N4O4. The molecule has 2 aliphatic rings. The van der Waals surface area contributed by atoms with Crippen LogP contribution in [-0.4, -0.2) is 65.9 Å². The number of nitrogens with zero attached hydrogens (tertiary/aromatic N) is 4. The minimum absolute atomic E-state index is 0.383. The molecule has 2 rings (SSSR count). The maximum atomic E-state index is 8.85. The lowest BCUT2D eigenvalue weighted by molar-refractivity contribution is -0.109. The lowest BCUT2D eigenvalue weighted by Crippen LogP contribution is -2.50. The quantitative estimate of drug-likeness (QED) is 0.250. The van der Waals surface area contributed by atoms with Crippen molar-refractivity contribution < 1.29 is 18.9 Å². The number of fused-ring (bicyclic) bond motifs is 1. The van der Waals surface area contributed by atoms with Crippen LogP contribution in [0, 0.1) is 71.3 Å². The molecule has 0 aliphatic heterocycles. The maximum Gasteiger partial charge on any atom is 0.237 e. The summed E-state index contributed by atoms with van der Waals surface area (Å²) in [5.41, 5.74) is 0. The Morgan fingerprint density at radius 3 is 1.21 bits per heavy atom. The molecule has 0 amide bonds. The molecule has 6 unspecified atom stereocenters. The Labute approximate surface area is 204 Å². The van der Waals surface area contributed by atoms with Gasteiger partial charge < -0.3 is 28.6 Å².